The molecule has 0 amide bonds. The van der Waals surface area contributed by atoms with Crippen molar-refractivity contribution in [3.05, 3.63) is 83.7 Å². The van der Waals surface area contributed by atoms with E-state index in [2.05, 4.69) is 14.7 Å². The number of halogens is 2. The molecule has 5 nitrogen and oxygen atoms in total. The summed E-state index contributed by atoms with van der Waals surface area (Å²) in [4.78, 5) is 7.71. The SMILES string of the molecule is CNS(=O)(=O)c1ccccc1-c1ccc2[nH]c(C=Cc3cccc(F)c3F)nc2c1. The van der Waals surface area contributed by atoms with E-state index >= 15 is 0 Å². The number of sulfonamides is 1. The minimum Gasteiger partial charge on any atom is -0.338 e. The summed E-state index contributed by atoms with van der Waals surface area (Å²) >= 11 is 0. The molecule has 0 aliphatic heterocycles. The first-order chi connectivity index (χ1) is 14.4. The molecule has 0 saturated heterocycles. The fourth-order valence-electron chi connectivity index (χ4n) is 3.14. The molecule has 0 spiro atoms. The van der Waals surface area contributed by atoms with E-state index in [1.165, 1.54) is 31.3 Å². The van der Waals surface area contributed by atoms with Crippen LogP contribution in [0.1, 0.15) is 11.4 Å². The number of nitrogens with one attached hydrogen (secondary N) is 2. The summed E-state index contributed by atoms with van der Waals surface area (Å²) in [6, 6.07) is 16.0. The van der Waals surface area contributed by atoms with Crippen LogP contribution >= 0.6 is 0 Å². The van der Waals surface area contributed by atoms with Gasteiger partial charge in [-0.05, 0) is 49.0 Å². The maximum Gasteiger partial charge on any atom is 0.240 e. The third-order valence-corrected chi connectivity index (χ3v) is 6.13. The summed E-state index contributed by atoms with van der Waals surface area (Å²) in [6.45, 7) is 0. The zero-order valence-corrected chi connectivity index (χ0v) is 16.7. The van der Waals surface area contributed by atoms with Gasteiger partial charge < -0.3 is 4.98 Å². The maximum atomic E-state index is 13.8. The van der Waals surface area contributed by atoms with Crippen LogP contribution in [0.4, 0.5) is 8.78 Å². The minimum atomic E-state index is -3.63. The van der Waals surface area contributed by atoms with Gasteiger partial charge in [-0.15, -0.1) is 0 Å². The van der Waals surface area contributed by atoms with Crippen molar-refractivity contribution in [1.29, 1.82) is 0 Å². The number of fused-ring (bicyclic) bond motifs is 1. The van der Waals surface area contributed by atoms with Gasteiger partial charge in [0, 0.05) is 11.1 Å². The molecule has 0 saturated carbocycles. The monoisotopic (exact) mass is 425 g/mol. The van der Waals surface area contributed by atoms with Crippen LogP contribution in [0, 0.1) is 11.6 Å². The Labute approximate surface area is 172 Å². The van der Waals surface area contributed by atoms with Crippen molar-refractivity contribution in [1.82, 2.24) is 14.7 Å². The molecule has 0 atom stereocenters. The first-order valence-electron chi connectivity index (χ1n) is 9.04. The Hall–Kier alpha value is -3.36. The van der Waals surface area contributed by atoms with Gasteiger partial charge in [0.1, 0.15) is 5.82 Å². The molecular formula is C22H17F2N3O2S. The molecule has 0 aliphatic rings. The van der Waals surface area contributed by atoms with E-state index < -0.39 is 21.7 Å². The van der Waals surface area contributed by atoms with Gasteiger partial charge in [0.25, 0.3) is 0 Å². The van der Waals surface area contributed by atoms with Gasteiger partial charge in [-0.2, -0.15) is 0 Å². The molecule has 1 heterocycles. The molecule has 4 rings (SSSR count). The van der Waals surface area contributed by atoms with Crippen molar-refractivity contribution in [2.75, 3.05) is 7.05 Å². The van der Waals surface area contributed by atoms with Crippen LogP contribution in [0.15, 0.2) is 65.6 Å². The molecule has 1 aromatic heterocycles. The van der Waals surface area contributed by atoms with Gasteiger partial charge >= 0.3 is 0 Å². The highest BCUT2D eigenvalue weighted by Gasteiger charge is 2.17. The topological polar surface area (TPSA) is 74.8 Å². The summed E-state index contributed by atoms with van der Waals surface area (Å²) in [5, 5.41) is 0. The van der Waals surface area contributed by atoms with Crippen LogP contribution in [0.3, 0.4) is 0 Å². The quantitative estimate of drug-likeness (QED) is 0.491. The Morgan fingerprint density at radius 3 is 2.60 bits per heavy atom. The largest absolute Gasteiger partial charge is 0.338 e. The number of rotatable bonds is 5. The molecule has 0 radical (unpaired) electrons. The van der Waals surface area contributed by atoms with Gasteiger partial charge in [0.05, 0.1) is 15.9 Å². The predicted molar refractivity (Wildman–Crippen MR) is 113 cm³/mol. The second kappa shape index (κ2) is 7.81. The van der Waals surface area contributed by atoms with Crippen molar-refractivity contribution in [3.8, 4) is 11.1 Å². The number of hydrogen-bond acceptors (Lipinski definition) is 3. The Bertz CT molecular complexity index is 1380. The predicted octanol–water partition coefficient (Wildman–Crippen LogP) is 4.59. The Morgan fingerprint density at radius 2 is 1.80 bits per heavy atom. The van der Waals surface area contributed by atoms with Crippen molar-refractivity contribution < 1.29 is 17.2 Å². The Morgan fingerprint density at radius 1 is 1.00 bits per heavy atom. The van der Waals surface area contributed by atoms with E-state index in [-0.39, 0.29) is 10.5 Å². The zero-order valence-electron chi connectivity index (χ0n) is 15.9. The summed E-state index contributed by atoms with van der Waals surface area (Å²) in [5.41, 5.74) is 2.70. The molecule has 4 aromatic rings. The summed E-state index contributed by atoms with van der Waals surface area (Å²) in [7, 11) is -2.26. The van der Waals surface area contributed by atoms with Crippen molar-refractivity contribution in [3.63, 3.8) is 0 Å². The fraction of sp³-hybridized carbons (Fsp3) is 0.0455. The molecule has 0 fully saturated rings. The zero-order chi connectivity index (χ0) is 21.3. The number of hydrogen-bond donors (Lipinski definition) is 2. The smallest absolute Gasteiger partial charge is 0.240 e. The lowest BCUT2D eigenvalue weighted by Gasteiger charge is -2.09. The molecule has 0 aliphatic carbocycles. The lowest BCUT2D eigenvalue weighted by Crippen LogP contribution is -2.19. The summed E-state index contributed by atoms with van der Waals surface area (Å²) in [6.07, 6.45) is 2.99. The maximum absolute atomic E-state index is 13.8. The van der Waals surface area contributed by atoms with Crippen molar-refractivity contribution >= 4 is 33.2 Å². The normalized spacial score (nSPS) is 12.1. The fourth-order valence-corrected chi connectivity index (χ4v) is 4.09. The number of benzene rings is 3. The highest BCUT2D eigenvalue weighted by molar-refractivity contribution is 7.89. The molecule has 2 N–H and O–H groups in total. The minimum absolute atomic E-state index is 0.113. The van der Waals surface area contributed by atoms with E-state index in [1.54, 1.807) is 42.5 Å². The lowest BCUT2D eigenvalue weighted by molar-refractivity contribution is 0.507. The summed E-state index contributed by atoms with van der Waals surface area (Å²) < 4.78 is 54.1. The van der Waals surface area contributed by atoms with Crippen molar-refractivity contribution in [2.24, 2.45) is 0 Å². The third-order valence-electron chi connectivity index (χ3n) is 4.66. The number of H-pyrrole nitrogens is 1. The Balaban J connectivity index is 1.73. The molecule has 0 unspecified atom stereocenters. The lowest BCUT2D eigenvalue weighted by atomic mass is 10.1. The van der Waals surface area contributed by atoms with Crippen LogP contribution in [0.25, 0.3) is 34.3 Å². The van der Waals surface area contributed by atoms with Crippen molar-refractivity contribution in [2.45, 2.75) is 4.90 Å². The van der Waals surface area contributed by atoms with Gasteiger partial charge in [-0.1, -0.05) is 36.4 Å². The van der Waals surface area contributed by atoms with E-state index in [9.17, 15) is 17.2 Å². The van der Waals surface area contributed by atoms with Gasteiger partial charge in [-0.25, -0.2) is 26.9 Å². The first kappa shape index (κ1) is 19.9. The molecule has 8 heteroatoms. The average Bonchev–Trinajstić information content (AvgIpc) is 3.17. The van der Waals surface area contributed by atoms with E-state index in [0.29, 0.717) is 22.5 Å². The van der Waals surface area contributed by atoms with Crippen LogP contribution in [-0.2, 0) is 10.0 Å². The second-order valence-electron chi connectivity index (χ2n) is 6.53. The van der Waals surface area contributed by atoms with E-state index in [0.717, 1.165) is 11.6 Å². The highest BCUT2D eigenvalue weighted by Crippen LogP contribution is 2.29. The van der Waals surface area contributed by atoms with E-state index in [1.807, 2.05) is 0 Å². The number of aromatic nitrogens is 2. The van der Waals surface area contributed by atoms with Crippen LogP contribution in [0.5, 0.6) is 0 Å². The molecule has 152 valence electrons. The number of nitrogens with zero attached hydrogens (tertiary/aromatic N) is 1. The molecular weight excluding hydrogens is 408 g/mol. The van der Waals surface area contributed by atoms with Crippen LogP contribution in [-0.4, -0.2) is 25.4 Å². The Kier molecular flexibility index (Phi) is 5.19. The second-order valence-corrected chi connectivity index (χ2v) is 8.39. The van der Waals surface area contributed by atoms with Gasteiger partial charge in [0.2, 0.25) is 10.0 Å². The van der Waals surface area contributed by atoms with Crippen LogP contribution < -0.4 is 4.72 Å². The standard InChI is InChI=1S/C22H17F2N3O2S/c1-25-30(28,29)20-8-3-2-6-16(20)15-9-11-18-19(13-15)27-21(26-18)12-10-14-5-4-7-17(23)22(14)24/h2-13,25H,1H3,(H,26,27). The number of aromatic amines is 1. The van der Waals surface area contributed by atoms with Gasteiger partial charge in [-0.3, -0.25) is 0 Å². The molecule has 30 heavy (non-hydrogen) atoms. The van der Waals surface area contributed by atoms with Gasteiger partial charge in [0.15, 0.2) is 11.6 Å². The van der Waals surface area contributed by atoms with E-state index in [4.69, 9.17) is 0 Å². The molecule has 3 aromatic carbocycles. The summed E-state index contributed by atoms with van der Waals surface area (Å²) in [5.74, 6) is -1.38. The number of imidazole rings is 1. The third kappa shape index (κ3) is 3.74. The van der Waals surface area contributed by atoms with Crippen LogP contribution in [0.2, 0.25) is 0 Å². The molecule has 0 bridgehead atoms. The highest BCUT2D eigenvalue weighted by atomic mass is 32.2. The first-order valence-corrected chi connectivity index (χ1v) is 10.5. The average molecular weight is 425 g/mol.